The van der Waals surface area contributed by atoms with Gasteiger partial charge < -0.3 is 14.8 Å². The molecule has 2 bridgehead atoms. The zero-order valence-electron chi connectivity index (χ0n) is 16.2. The van der Waals surface area contributed by atoms with E-state index in [1.54, 1.807) is 26.0 Å². The van der Waals surface area contributed by atoms with Crippen LogP contribution in [-0.2, 0) is 10.0 Å². The number of carbonyl (C=O) groups is 1. The molecule has 29 heavy (non-hydrogen) atoms. The van der Waals surface area contributed by atoms with Crippen LogP contribution in [0.1, 0.15) is 35.0 Å². The third kappa shape index (κ3) is 2.83. The number of benzene rings is 1. The van der Waals surface area contributed by atoms with Crippen LogP contribution in [-0.4, -0.2) is 47.4 Å². The number of amides is 1. The molecule has 8 nitrogen and oxygen atoms in total. The number of rotatable bonds is 4. The van der Waals surface area contributed by atoms with Gasteiger partial charge >= 0.3 is 0 Å². The molecule has 1 aliphatic heterocycles. The molecule has 0 spiro atoms. The predicted octanol–water partition coefficient (Wildman–Crippen LogP) is 1.93. The van der Waals surface area contributed by atoms with Gasteiger partial charge in [-0.05, 0) is 55.7 Å². The summed E-state index contributed by atoms with van der Waals surface area (Å²) in [6.07, 6.45) is 1.23. The number of fused-ring (bicyclic) bond motifs is 1. The smallest absolute Gasteiger partial charge is 0.293 e. The highest BCUT2D eigenvalue weighted by Gasteiger charge is 2.61. The minimum atomic E-state index is -3.77. The standard InChI is InChI=1S/C20H23N3O5S/c1-10-19(28-11(2)21-10)20(25)22-14-4-3-5-15(8-14)29(26,27)23-9-13-6-12-7-16(13)17(23)18(12)24/h3-5,8,12-13,16-18,24H,6-7,9H2,1-2H3,(H,22,25)/t12-,13-,16+,17+,18-/m0/s1. The molecule has 2 aliphatic carbocycles. The zero-order chi connectivity index (χ0) is 20.5. The van der Waals surface area contributed by atoms with E-state index in [0.29, 0.717) is 29.7 Å². The average Bonchev–Trinajstić information content (AvgIpc) is 3.36. The maximum Gasteiger partial charge on any atom is 0.293 e. The van der Waals surface area contributed by atoms with Gasteiger partial charge in [0, 0.05) is 19.2 Å². The van der Waals surface area contributed by atoms with Crippen LogP contribution in [0.25, 0.3) is 0 Å². The first-order valence-electron chi connectivity index (χ1n) is 9.81. The van der Waals surface area contributed by atoms with Gasteiger partial charge in [0.05, 0.1) is 22.7 Å². The van der Waals surface area contributed by atoms with Gasteiger partial charge in [0.25, 0.3) is 5.91 Å². The summed E-state index contributed by atoms with van der Waals surface area (Å²) < 4.78 is 33.5. The van der Waals surface area contributed by atoms with Crippen molar-refractivity contribution in [2.45, 2.75) is 43.7 Å². The number of nitrogens with zero attached hydrogens (tertiary/aromatic N) is 2. The fraction of sp³-hybridized carbons (Fsp3) is 0.500. The van der Waals surface area contributed by atoms with Gasteiger partial charge in [0.1, 0.15) is 0 Å². The number of aromatic nitrogens is 1. The van der Waals surface area contributed by atoms with E-state index in [4.69, 9.17) is 4.42 Å². The number of oxazole rings is 1. The molecular formula is C20H23N3O5S. The summed E-state index contributed by atoms with van der Waals surface area (Å²) in [5, 5.41) is 13.2. The van der Waals surface area contributed by atoms with Crippen molar-refractivity contribution in [3.8, 4) is 0 Å². The summed E-state index contributed by atoms with van der Waals surface area (Å²) in [6, 6.07) is 5.86. The normalized spacial score (nSPS) is 30.8. The topological polar surface area (TPSA) is 113 Å². The fourth-order valence-corrected chi connectivity index (χ4v) is 7.22. The van der Waals surface area contributed by atoms with E-state index >= 15 is 0 Å². The number of carbonyl (C=O) groups excluding carboxylic acids is 1. The summed E-state index contributed by atoms with van der Waals surface area (Å²) in [4.78, 5) is 16.7. The Balaban J connectivity index is 1.41. The third-order valence-corrected chi connectivity index (χ3v) is 8.47. The Hall–Kier alpha value is -2.23. The monoisotopic (exact) mass is 417 g/mol. The van der Waals surface area contributed by atoms with Crippen molar-refractivity contribution < 1.29 is 22.7 Å². The molecule has 1 aromatic carbocycles. The van der Waals surface area contributed by atoms with Gasteiger partial charge in [-0.1, -0.05) is 6.07 Å². The lowest BCUT2D eigenvalue weighted by Gasteiger charge is -2.28. The third-order valence-electron chi connectivity index (χ3n) is 6.61. The average molecular weight is 417 g/mol. The van der Waals surface area contributed by atoms with Gasteiger partial charge in [0.15, 0.2) is 5.89 Å². The number of aryl methyl sites for hydroxylation is 2. The Labute approximate surface area is 169 Å². The number of hydrogen-bond donors (Lipinski definition) is 2. The summed E-state index contributed by atoms with van der Waals surface area (Å²) in [5.74, 6) is 0.822. The number of hydrogen-bond acceptors (Lipinski definition) is 6. The van der Waals surface area contributed by atoms with Gasteiger partial charge in [-0.3, -0.25) is 4.79 Å². The zero-order valence-corrected chi connectivity index (χ0v) is 17.0. The van der Waals surface area contributed by atoms with Crippen LogP contribution in [0.4, 0.5) is 5.69 Å². The Morgan fingerprint density at radius 1 is 1.28 bits per heavy atom. The SMILES string of the molecule is Cc1nc(C)c(C(=O)Nc2cccc(S(=O)(=O)N3C[C@@H]4C[C@H]5C[C@H]4[C@@H]3[C@H]5O)c2)o1. The van der Waals surface area contributed by atoms with Crippen molar-refractivity contribution in [1.82, 2.24) is 9.29 Å². The first-order chi connectivity index (χ1) is 13.8. The molecule has 5 atom stereocenters. The first-order valence-corrected chi connectivity index (χ1v) is 11.2. The molecule has 0 radical (unpaired) electrons. The van der Waals surface area contributed by atoms with Crippen LogP contribution in [0.2, 0.25) is 0 Å². The van der Waals surface area contributed by atoms with Crippen LogP contribution in [0.5, 0.6) is 0 Å². The van der Waals surface area contributed by atoms with Crippen molar-refractivity contribution in [3.63, 3.8) is 0 Å². The number of aliphatic hydroxyl groups excluding tert-OH is 1. The molecule has 2 aromatic rings. The molecule has 2 heterocycles. The second-order valence-corrected chi connectivity index (χ2v) is 10.2. The minimum Gasteiger partial charge on any atom is -0.436 e. The Morgan fingerprint density at radius 3 is 2.76 bits per heavy atom. The molecule has 3 aliphatic rings. The van der Waals surface area contributed by atoms with Crippen molar-refractivity contribution in [1.29, 1.82) is 0 Å². The number of aliphatic hydroxyl groups is 1. The molecular weight excluding hydrogens is 394 g/mol. The second kappa shape index (κ2) is 6.38. The molecule has 3 fully saturated rings. The summed E-state index contributed by atoms with van der Waals surface area (Å²) in [6.45, 7) is 3.79. The van der Waals surface area contributed by atoms with Crippen molar-refractivity contribution in [2.75, 3.05) is 11.9 Å². The van der Waals surface area contributed by atoms with Crippen molar-refractivity contribution in [2.24, 2.45) is 17.8 Å². The quantitative estimate of drug-likeness (QED) is 0.786. The van der Waals surface area contributed by atoms with Gasteiger partial charge in [-0.25, -0.2) is 13.4 Å². The molecule has 2 saturated carbocycles. The lowest BCUT2D eigenvalue weighted by molar-refractivity contribution is 0.0731. The van der Waals surface area contributed by atoms with Crippen LogP contribution in [0.15, 0.2) is 33.6 Å². The Bertz CT molecular complexity index is 1090. The van der Waals surface area contributed by atoms with E-state index in [-0.39, 0.29) is 28.5 Å². The van der Waals surface area contributed by atoms with Crippen molar-refractivity contribution >= 4 is 21.6 Å². The molecule has 2 N–H and O–H groups in total. The van der Waals surface area contributed by atoms with E-state index in [0.717, 1.165) is 12.8 Å². The molecule has 1 amide bonds. The van der Waals surface area contributed by atoms with Crippen LogP contribution in [0.3, 0.4) is 0 Å². The van der Waals surface area contributed by atoms with E-state index in [1.165, 1.54) is 16.4 Å². The summed E-state index contributed by atoms with van der Waals surface area (Å²) in [7, 11) is -3.77. The van der Waals surface area contributed by atoms with Crippen LogP contribution < -0.4 is 5.32 Å². The highest BCUT2D eigenvalue weighted by atomic mass is 32.2. The lowest BCUT2D eigenvalue weighted by atomic mass is 9.88. The van der Waals surface area contributed by atoms with Crippen molar-refractivity contribution in [3.05, 3.63) is 41.6 Å². The Morgan fingerprint density at radius 2 is 2.07 bits per heavy atom. The van der Waals surface area contributed by atoms with E-state index in [2.05, 4.69) is 10.3 Å². The van der Waals surface area contributed by atoms with E-state index < -0.39 is 22.0 Å². The number of anilines is 1. The predicted molar refractivity (Wildman–Crippen MR) is 104 cm³/mol. The first kappa shape index (κ1) is 18.8. The maximum absolute atomic E-state index is 13.3. The number of nitrogens with one attached hydrogen (secondary N) is 1. The van der Waals surface area contributed by atoms with Gasteiger partial charge in [0.2, 0.25) is 15.8 Å². The number of sulfonamides is 1. The second-order valence-electron chi connectivity index (χ2n) is 8.34. The highest BCUT2D eigenvalue weighted by molar-refractivity contribution is 7.89. The minimum absolute atomic E-state index is 0.104. The van der Waals surface area contributed by atoms with Crippen LogP contribution in [0, 0.1) is 31.6 Å². The molecule has 1 aromatic heterocycles. The summed E-state index contributed by atoms with van der Waals surface area (Å²) >= 11 is 0. The largest absolute Gasteiger partial charge is 0.436 e. The molecule has 9 heteroatoms. The van der Waals surface area contributed by atoms with E-state index in [9.17, 15) is 18.3 Å². The maximum atomic E-state index is 13.3. The molecule has 154 valence electrons. The van der Waals surface area contributed by atoms with E-state index in [1.807, 2.05) is 0 Å². The fourth-order valence-electron chi connectivity index (χ4n) is 5.44. The van der Waals surface area contributed by atoms with Gasteiger partial charge in [-0.2, -0.15) is 4.31 Å². The molecule has 5 rings (SSSR count). The van der Waals surface area contributed by atoms with Crippen LogP contribution >= 0.6 is 0 Å². The lowest BCUT2D eigenvalue weighted by Crippen LogP contribution is -2.43. The molecule has 1 saturated heterocycles. The Kier molecular flexibility index (Phi) is 4.13. The highest BCUT2D eigenvalue weighted by Crippen LogP contribution is 2.56. The molecule has 0 unspecified atom stereocenters. The summed E-state index contributed by atoms with van der Waals surface area (Å²) in [5.41, 5.74) is 0.831. The van der Waals surface area contributed by atoms with Gasteiger partial charge in [-0.15, -0.1) is 0 Å².